The van der Waals surface area contributed by atoms with E-state index in [2.05, 4.69) is 11.4 Å². The number of nitro groups is 1. The standard InChI is InChI=1S/C20H19N3O4/c1-27-17-8-9-18(14(12-17)13-21)22-19(24)20(10-2-3-11-20)15-4-6-16(7-5-15)23(25)26/h4-9,12H,2-3,10-11H2,1H3,(H,22,24). The molecular weight excluding hydrogens is 346 g/mol. The topological polar surface area (TPSA) is 105 Å². The SMILES string of the molecule is COc1ccc(NC(=O)C2(c3ccc([N+](=O)[O-])cc3)CCCC2)c(C#N)c1. The van der Waals surface area contributed by atoms with Gasteiger partial charge < -0.3 is 10.1 Å². The lowest BCUT2D eigenvalue weighted by Crippen LogP contribution is -2.38. The molecular formula is C20H19N3O4. The molecule has 27 heavy (non-hydrogen) atoms. The largest absolute Gasteiger partial charge is 0.497 e. The van der Waals surface area contributed by atoms with Crippen LogP contribution in [0.4, 0.5) is 11.4 Å². The summed E-state index contributed by atoms with van der Waals surface area (Å²) in [5.74, 6) is 0.339. The zero-order chi connectivity index (χ0) is 19.4. The average Bonchev–Trinajstić information content (AvgIpc) is 3.19. The molecule has 0 radical (unpaired) electrons. The van der Waals surface area contributed by atoms with Crippen molar-refractivity contribution in [1.82, 2.24) is 0 Å². The number of benzene rings is 2. The molecule has 3 rings (SSSR count). The zero-order valence-corrected chi connectivity index (χ0v) is 14.9. The number of non-ortho nitro benzene ring substituents is 1. The van der Waals surface area contributed by atoms with E-state index < -0.39 is 10.3 Å². The van der Waals surface area contributed by atoms with E-state index in [-0.39, 0.29) is 11.6 Å². The first-order valence-corrected chi connectivity index (χ1v) is 8.65. The molecule has 0 spiro atoms. The van der Waals surface area contributed by atoms with Gasteiger partial charge in [0.05, 0.1) is 28.7 Å². The number of methoxy groups -OCH3 is 1. The number of nitriles is 1. The number of ether oxygens (including phenoxy) is 1. The predicted molar refractivity (Wildman–Crippen MR) is 99.6 cm³/mol. The minimum Gasteiger partial charge on any atom is -0.497 e. The number of nitrogens with one attached hydrogen (secondary N) is 1. The van der Waals surface area contributed by atoms with Crippen molar-refractivity contribution in [3.63, 3.8) is 0 Å². The summed E-state index contributed by atoms with van der Waals surface area (Å²) in [4.78, 5) is 23.6. The third-order valence-electron chi connectivity index (χ3n) is 5.12. The van der Waals surface area contributed by atoms with Crippen LogP contribution in [-0.4, -0.2) is 17.9 Å². The van der Waals surface area contributed by atoms with Crippen LogP contribution in [0.1, 0.15) is 36.8 Å². The van der Waals surface area contributed by atoms with E-state index in [9.17, 15) is 20.2 Å². The molecule has 2 aromatic carbocycles. The monoisotopic (exact) mass is 365 g/mol. The van der Waals surface area contributed by atoms with Gasteiger partial charge in [-0.2, -0.15) is 5.26 Å². The molecule has 0 bridgehead atoms. The molecule has 2 aromatic rings. The Balaban J connectivity index is 1.92. The van der Waals surface area contributed by atoms with Crippen LogP contribution in [0, 0.1) is 21.4 Å². The maximum absolute atomic E-state index is 13.2. The number of amides is 1. The van der Waals surface area contributed by atoms with Gasteiger partial charge in [-0.1, -0.05) is 25.0 Å². The lowest BCUT2D eigenvalue weighted by Gasteiger charge is -2.28. The summed E-state index contributed by atoms with van der Waals surface area (Å²) >= 11 is 0. The molecule has 1 aliphatic carbocycles. The first kappa shape index (κ1) is 18.4. The molecule has 0 saturated heterocycles. The number of anilines is 1. The maximum atomic E-state index is 13.2. The Hall–Kier alpha value is -3.40. The molecule has 7 heteroatoms. The third-order valence-corrected chi connectivity index (χ3v) is 5.12. The second-order valence-corrected chi connectivity index (χ2v) is 6.57. The smallest absolute Gasteiger partial charge is 0.269 e. The van der Waals surface area contributed by atoms with Crippen LogP contribution in [0.3, 0.4) is 0 Å². The normalized spacial score (nSPS) is 15.0. The van der Waals surface area contributed by atoms with E-state index in [0.29, 0.717) is 29.8 Å². The van der Waals surface area contributed by atoms with Gasteiger partial charge in [-0.3, -0.25) is 14.9 Å². The van der Waals surface area contributed by atoms with Crippen molar-refractivity contribution in [2.45, 2.75) is 31.1 Å². The van der Waals surface area contributed by atoms with E-state index in [1.807, 2.05) is 0 Å². The average molecular weight is 365 g/mol. The highest BCUT2D eigenvalue weighted by Crippen LogP contribution is 2.42. The summed E-state index contributed by atoms with van der Waals surface area (Å²) in [5.41, 5.74) is 0.752. The zero-order valence-electron chi connectivity index (χ0n) is 14.9. The van der Waals surface area contributed by atoms with E-state index in [4.69, 9.17) is 4.74 Å². The van der Waals surface area contributed by atoms with Gasteiger partial charge in [-0.05, 0) is 36.6 Å². The number of hydrogen-bond acceptors (Lipinski definition) is 5. The van der Waals surface area contributed by atoms with Gasteiger partial charge in [-0.25, -0.2) is 0 Å². The molecule has 0 aromatic heterocycles. The summed E-state index contributed by atoms with van der Waals surface area (Å²) in [6.45, 7) is 0. The highest BCUT2D eigenvalue weighted by molar-refractivity contribution is 6.00. The van der Waals surface area contributed by atoms with Crippen LogP contribution in [0.25, 0.3) is 0 Å². The minimum absolute atomic E-state index is 0.00535. The first-order valence-electron chi connectivity index (χ1n) is 8.65. The number of carbonyl (C=O) groups excluding carboxylic acids is 1. The van der Waals surface area contributed by atoms with E-state index in [1.165, 1.54) is 19.2 Å². The van der Waals surface area contributed by atoms with Gasteiger partial charge in [0.2, 0.25) is 5.91 Å². The van der Waals surface area contributed by atoms with Gasteiger partial charge in [-0.15, -0.1) is 0 Å². The summed E-state index contributed by atoms with van der Waals surface area (Å²) < 4.78 is 5.12. The third kappa shape index (κ3) is 3.47. The fourth-order valence-corrected chi connectivity index (χ4v) is 3.62. The van der Waals surface area contributed by atoms with Crippen LogP contribution in [0.2, 0.25) is 0 Å². The van der Waals surface area contributed by atoms with Gasteiger partial charge in [0.15, 0.2) is 0 Å². The van der Waals surface area contributed by atoms with Gasteiger partial charge in [0.1, 0.15) is 11.8 Å². The molecule has 1 saturated carbocycles. The van der Waals surface area contributed by atoms with Gasteiger partial charge >= 0.3 is 0 Å². The highest BCUT2D eigenvalue weighted by Gasteiger charge is 2.43. The second-order valence-electron chi connectivity index (χ2n) is 6.57. The minimum atomic E-state index is -0.748. The molecule has 7 nitrogen and oxygen atoms in total. The fraction of sp³-hybridized carbons (Fsp3) is 0.300. The fourth-order valence-electron chi connectivity index (χ4n) is 3.62. The Morgan fingerprint density at radius 2 is 1.89 bits per heavy atom. The molecule has 1 amide bonds. The number of hydrogen-bond donors (Lipinski definition) is 1. The molecule has 1 fully saturated rings. The number of nitrogens with zero attached hydrogens (tertiary/aromatic N) is 2. The van der Waals surface area contributed by atoms with Crippen LogP contribution in [0.5, 0.6) is 5.75 Å². The summed E-state index contributed by atoms with van der Waals surface area (Å²) in [7, 11) is 1.51. The lowest BCUT2D eigenvalue weighted by molar-refractivity contribution is -0.384. The number of rotatable bonds is 5. The summed E-state index contributed by atoms with van der Waals surface area (Å²) in [5, 5.41) is 23.1. The Labute approximate surface area is 156 Å². The Morgan fingerprint density at radius 3 is 2.44 bits per heavy atom. The van der Waals surface area contributed by atoms with Crippen molar-refractivity contribution in [1.29, 1.82) is 5.26 Å². The van der Waals surface area contributed by atoms with Crippen LogP contribution in [-0.2, 0) is 10.2 Å². The second kappa shape index (κ2) is 7.46. The van der Waals surface area contributed by atoms with Crippen LogP contribution >= 0.6 is 0 Å². The molecule has 0 unspecified atom stereocenters. The van der Waals surface area contributed by atoms with Gasteiger partial charge in [0.25, 0.3) is 5.69 Å². The Bertz CT molecular complexity index is 910. The van der Waals surface area contributed by atoms with Crippen LogP contribution < -0.4 is 10.1 Å². The molecule has 1 N–H and O–H groups in total. The van der Waals surface area contributed by atoms with Crippen molar-refractivity contribution in [3.8, 4) is 11.8 Å². The molecule has 1 aliphatic rings. The van der Waals surface area contributed by atoms with Crippen molar-refractivity contribution in [2.75, 3.05) is 12.4 Å². The van der Waals surface area contributed by atoms with Crippen molar-refractivity contribution < 1.29 is 14.5 Å². The highest BCUT2D eigenvalue weighted by atomic mass is 16.6. The summed E-state index contributed by atoms with van der Waals surface area (Å²) in [6, 6.07) is 13.1. The Kier molecular flexibility index (Phi) is 5.08. The van der Waals surface area contributed by atoms with E-state index >= 15 is 0 Å². The van der Waals surface area contributed by atoms with Crippen molar-refractivity contribution in [2.24, 2.45) is 0 Å². The molecule has 0 heterocycles. The molecule has 138 valence electrons. The van der Waals surface area contributed by atoms with E-state index in [1.54, 1.807) is 30.3 Å². The van der Waals surface area contributed by atoms with Gasteiger partial charge in [0, 0.05) is 12.1 Å². The maximum Gasteiger partial charge on any atom is 0.269 e. The number of nitro benzene ring substituents is 1. The van der Waals surface area contributed by atoms with Crippen molar-refractivity contribution in [3.05, 3.63) is 63.7 Å². The summed E-state index contributed by atoms with van der Waals surface area (Å²) in [6.07, 6.45) is 3.12. The quantitative estimate of drug-likeness (QED) is 0.638. The Morgan fingerprint density at radius 1 is 1.22 bits per heavy atom. The number of carbonyl (C=O) groups is 1. The lowest BCUT2D eigenvalue weighted by atomic mass is 9.78. The van der Waals surface area contributed by atoms with E-state index in [0.717, 1.165) is 18.4 Å². The predicted octanol–water partition coefficient (Wildman–Crippen LogP) is 3.93. The molecule has 0 atom stereocenters. The van der Waals surface area contributed by atoms with Crippen molar-refractivity contribution >= 4 is 17.3 Å². The molecule has 0 aliphatic heterocycles. The van der Waals surface area contributed by atoms with Crippen LogP contribution in [0.15, 0.2) is 42.5 Å². The first-order chi connectivity index (χ1) is 13.0.